The van der Waals surface area contributed by atoms with Crippen molar-refractivity contribution in [3.63, 3.8) is 0 Å². The maximum atomic E-state index is 12.1. The van der Waals surface area contributed by atoms with E-state index in [0.717, 1.165) is 17.7 Å². The van der Waals surface area contributed by atoms with Crippen molar-refractivity contribution in [2.75, 3.05) is 23.9 Å². The lowest BCUT2D eigenvalue weighted by molar-refractivity contribution is -0.117. The molecule has 5 nitrogen and oxygen atoms in total. The number of carbonyl (C=O) groups excluding carboxylic acids is 2. The van der Waals surface area contributed by atoms with Crippen LogP contribution in [0, 0.1) is 0 Å². The van der Waals surface area contributed by atoms with Crippen molar-refractivity contribution in [2.24, 2.45) is 0 Å². The summed E-state index contributed by atoms with van der Waals surface area (Å²) in [7, 11) is 1.57. The van der Waals surface area contributed by atoms with Crippen molar-refractivity contribution in [3.8, 4) is 5.75 Å². The fourth-order valence-electron chi connectivity index (χ4n) is 2.67. The van der Waals surface area contributed by atoms with E-state index in [-0.39, 0.29) is 11.8 Å². The maximum Gasteiger partial charge on any atom is 0.228 e. The molecule has 120 valence electrons. The highest BCUT2D eigenvalue weighted by Gasteiger charge is 2.24. The highest BCUT2D eigenvalue weighted by Crippen LogP contribution is 2.33. The van der Waals surface area contributed by atoms with Gasteiger partial charge in [-0.1, -0.05) is 0 Å². The van der Waals surface area contributed by atoms with Crippen LogP contribution < -0.4 is 15.0 Å². The minimum atomic E-state index is -0.0737. The fourth-order valence-corrected chi connectivity index (χ4v) is 3.33. The summed E-state index contributed by atoms with van der Waals surface area (Å²) >= 11 is 1.57. The van der Waals surface area contributed by atoms with Gasteiger partial charge in [-0.15, -0.1) is 0 Å². The van der Waals surface area contributed by atoms with Crippen molar-refractivity contribution in [3.05, 3.63) is 40.6 Å². The lowest BCUT2D eigenvalue weighted by atomic mass is 10.2. The van der Waals surface area contributed by atoms with E-state index in [4.69, 9.17) is 4.74 Å². The number of carbonyl (C=O) groups is 2. The summed E-state index contributed by atoms with van der Waals surface area (Å²) in [6.07, 6.45) is 1.78. The number of methoxy groups -OCH3 is 1. The van der Waals surface area contributed by atoms with Gasteiger partial charge in [-0.05, 0) is 40.9 Å². The van der Waals surface area contributed by atoms with Crippen LogP contribution in [0.15, 0.2) is 35.0 Å². The Labute approximate surface area is 138 Å². The summed E-state index contributed by atoms with van der Waals surface area (Å²) in [6, 6.07) is 7.32. The minimum absolute atomic E-state index is 0.0737. The molecular weight excluding hydrogens is 312 g/mol. The Hall–Kier alpha value is -2.34. The molecule has 1 N–H and O–H groups in total. The molecule has 0 unspecified atom stereocenters. The molecule has 1 fully saturated rings. The number of hydrogen-bond acceptors (Lipinski definition) is 4. The molecule has 0 atom stereocenters. The molecular formula is C17H18N2O3S. The molecule has 6 heteroatoms. The third kappa shape index (κ3) is 3.53. The Balaban J connectivity index is 1.73. The number of thiophene rings is 1. The van der Waals surface area contributed by atoms with Crippen LogP contribution >= 0.6 is 11.3 Å². The van der Waals surface area contributed by atoms with Crippen LogP contribution in [0.2, 0.25) is 0 Å². The van der Waals surface area contributed by atoms with E-state index in [0.29, 0.717) is 30.8 Å². The summed E-state index contributed by atoms with van der Waals surface area (Å²) < 4.78 is 5.39. The van der Waals surface area contributed by atoms with Gasteiger partial charge in [0.2, 0.25) is 11.8 Å². The van der Waals surface area contributed by atoms with Crippen LogP contribution in [0.5, 0.6) is 5.75 Å². The summed E-state index contributed by atoms with van der Waals surface area (Å²) in [5, 5.41) is 6.78. The lowest BCUT2D eigenvalue weighted by Crippen LogP contribution is -2.24. The summed E-state index contributed by atoms with van der Waals surface area (Å²) in [6.45, 7) is 0.707. The number of rotatable bonds is 5. The maximum absolute atomic E-state index is 12.1. The number of anilines is 2. The predicted octanol–water partition coefficient (Wildman–Crippen LogP) is 3.06. The second-order valence-corrected chi connectivity index (χ2v) is 6.17. The molecule has 2 amide bonds. The zero-order chi connectivity index (χ0) is 16.2. The van der Waals surface area contributed by atoms with Gasteiger partial charge in [-0.2, -0.15) is 11.3 Å². The molecule has 0 bridgehead atoms. The SMILES string of the molecule is COc1cc(NC(=O)Cc2ccsc2)ccc1N1CCCC1=O. The standard InChI is InChI=1S/C17H18N2O3S/c1-22-15-10-13(18-16(20)9-12-6-8-23-11-12)4-5-14(15)19-7-2-3-17(19)21/h4-6,8,10-11H,2-3,7,9H2,1H3,(H,18,20). The first-order valence-corrected chi connectivity index (χ1v) is 8.41. The Morgan fingerprint density at radius 1 is 1.39 bits per heavy atom. The topological polar surface area (TPSA) is 58.6 Å². The first-order valence-electron chi connectivity index (χ1n) is 7.46. The molecule has 23 heavy (non-hydrogen) atoms. The second kappa shape index (κ2) is 6.83. The van der Waals surface area contributed by atoms with E-state index < -0.39 is 0 Å². The van der Waals surface area contributed by atoms with E-state index >= 15 is 0 Å². The van der Waals surface area contributed by atoms with Crippen LogP contribution in [0.25, 0.3) is 0 Å². The summed E-state index contributed by atoms with van der Waals surface area (Å²) in [5.74, 6) is 0.626. The van der Waals surface area contributed by atoms with Gasteiger partial charge in [0, 0.05) is 24.7 Å². The number of nitrogens with one attached hydrogen (secondary N) is 1. The van der Waals surface area contributed by atoms with E-state index in [1.165, 1.54) is 0 Å². The predicted molar refractivity (Wildman–Crippen MR) is 91.2 cm³/mol. The molecule has 0 aliphatic carbocycles. The van der Waals surface area contributed by atoms with Gasteiger partial charge in [0.05, 0.1) is 19.2 Å². The molecule has 1 aromatic carbocycles. The van der Waals surface area contributed by atoms with E-state index in [9.17, 15) is 9.59 Å². The van der Waals surface area contributed by atoms with Gasteiger partial charge >= 0.3 is 0 Å². The van der Waals surface area contributed by atoms with E-state index in [2.05, 4.69) is 5.32 Å². The molecule has 1 saturated heterocycles. The third-order valence-electron chi connectivity index (χ3n) is 3.77. The highest BCUT2D eigenvalue weighted by atomic mass is 32.1. The number of ether oxygens (including phenoxy) is 1. The number of benzene rings is 1. The van der Waals surface area contributed by atoms with Crippen LogP contribution in [-0.4, -0.2) is 25.5 Å². The number of nitrogens with zero attached hydrogens (tertiary/aromatic N) is 1. The lowest BCUT2D eigenvalue weighted by Gasteiger charge is -2.19. The average molecular weight is 330 g/mol. The van der Waals surface area contributed by atoms with Gasteiger partial charge in [-0.25, -0.2) is 0 Å². The zero-order valence-electron chi connectivity index (χ0n) is 12.9. The summed E-state index contributed by atoms with van der Waals surface area (Å²) in [4.78, 5) is 25.7. The molecule has 1 aromatic heterocycles. The minimum Gasteiger partial charge on any atom is -0.494 e. The van der Waals surface area contributed by atoms with Gasteiger partial charge in [-0.3, -0.25) is 9.59 Å². The first kappa shape index (κ1) is 15.6. The van der Waals surface area contributed by atoms with Crippen LogP contribution in [-0.2, 0) is 16.0 Å². The van der Waals surface area contributed by atoms with E-state index in [1.54, 1.807) is 35.5 Å². The molecule has 1 aliphatic heterocycles. The van der Waals surface area contributed by atoms with Crippen LogP contribution in [0.4, 0.5) is 11.4 Å². The molecule has 1 aliphatic rings. The van der Waals surface area contributed by atoms with Crippen molar-refractivity contribution >= 4 is 34.5 Å². The van der Waals surface area contributed by atoms with Crippen molar-refractivity contribution < 1.29 is 14.3 Å². The van der Waals surface area contributed by atoms with Crippen LogP contribution in [0.1, 0.15) is 18.4 Å². The number of amides is 2. The van der Waals surface area contributed by atoms with Crippen molar-refractivity contribution in [1.29, 1.82) is 0 Å². The van der Waals surface area contributed by atoms with Gasteiger partial charge in [0.25, 0.3) is 0 Å². The third-order valence-corrected chi connectivity index (χ3v) is 4.50. The monoisotopic (exact) mass is 330 g/mol. The molecule has 2 aromatic rings. The zero-order valence-corrected chi connectivity index (χ0v) is 13.7. The van der Waals surface area contributed by atoms with Gasteiger partial charge < -0.3 is 15.0 Å². The normalized spacial score (nSPS) is 14.1. The molecule has 0 spiro atoms. The van der Waals surface area contributed by atoms with Crippen LogP contribution in [0.3, 0.4) is 0 Å². The van der Waals surface area contributed by atoms with E-state index in [1.807, 2.05) is 22.9 Å². The van der Waals surface area contributed by atoms with Crippen molar-refractivity contribution in [2.45, 2.75) is 19.3 Å². The largest absolute Gasteiger partial charge is 0.494 e. The van der Waals surface area contributed by atoms with Gasteiger partial charge in [0.15, 0.2) is 0 Å². The average Bonchev–Trinajstić information content (AvgIpc) is 3.19. The fraction of sp³-hybridized carbons (Fsp3) is 0.294. The highest BCUT2D eigenvalue weighted by molar-refractivity contribution is 7.08. The number of hydrogen-bond donors (Lipinski definition) is 1. The molecule has 0 radical (unpaired) electrons. The molecule has 3 rings (SSSR count). The quantitative estimate of drug-likeness (QED) is 0.916. The molecule has 0 saturated carbocycles. The smallest absolute Gasteiger partial charge is 0.228 e. The summed E-state index contributed by atoms with van der Waals surface area (Å²) in [5.41, 5.74) is 2.42. The van der Waals surface area contributed by atoms with Crippen molar-refractivity contribution in [1.82, 2.24) is 0 Å². The molecule has 2 heterocycles. The Bertz CT molecular complexity index is 713. The Morgan fingerprint density at radius 3 is 2.91 bits per heavy atom. The second-order valence-electron chi connectivity index (χ2n) is 5.39. The van der Waals surface area contributed by atoms with Gasteiger partial charge in [0.1, 0.15) is 5.75 Å². The Morgan fingerprint density at radius 2 is 2.26 bits per heavy atom. The Kier molecular flexibility index (Phi) is 4.62. The first-order chi connectivity index (χ1) is 11.2.